The average Bonchev–Trinajstić information content (AvgIpc) is 2.38. The van der Waals surface area contributed by atoms with Crippen LogP contribution in [0.5, 0.6) is 0 Å². The number of carbonyl (C=O) groups excluding carboxylic acids is 1. The summed E-state index contributed by atoms with van der Waals surface area (Å²) in [7, 11) is 0. The van der Waals surface area contributed by atoms with E-state index in [9.17, 15) is 4.79 Å². The highest BCUT2D eigenvalue weighted by atomic mass is 35.5. The summed E-state index contributed by atoms with van der Waals surface area (Å²) >= 11 is 7.24. The standard InChI is InChI=1S/C14H15ClN2O2S/c1-3-19-13(18)11-8(2)17-14(16)20-12(11)9-4-6-10(15)7-5-9/h4-7,12H,3H2,1-2H3,(H2,16,17)/t12-/m1/s1. The fraction of sp³-hybridized carbons (Fsp3) is 0.286. The molecule has 0 radical (unpaired) electrons. The highest BCUT2D eigenvalue weighted by Crippen LogP contribution is 2.41. The van der Waals surface area contributed by atoms with E-state index in [-0.39, 0.29) is 11.2 Å². The number of hydrogen-bond acceptors (Lipinski definition) is 5. The lowest BCUT2D eigenvalue weighted by atomic mass is 10.0. The van der Waals surface area contributed by atoms with Crippen molar-refractivity contribution in [3.8, 4) is 0 Å². The molecule has 0 aromatic heterocycles. The molecule has 0 spiro atoms. The van der Waals surface area contributed by atoms with Crippen LogP contribution in [0.25, 0.3) is 0 Å². The summed E-state index contributed by atoms with van der Waals surface area (Å²) in [6.07, 6.45) is 0. The molecule has 0 saturated carbocycles. The number of esters is 1. The molecule has 2 N–H and O–H groups in total. The Morgan fingerprint density at radius 1 is 1.45 bits per heavy atom. The molecule has 1 aliphatic rings. The van der Waals surface area contributed by atoms with Gasteiger partial charge in [-0.2, -0.15) is 0 Å². The third kappa shape index (κ3) is 3.16. The van der Waals surface area contributed by atoms with Crippen LogP contribution in [0.2, 0.25) is 5.02 Å². The van der Waals surface area contributed by atoms with Gasteiger partial charge in [-0.3, -0.25) is 0 Å². The summed E-state index contributed by atoms with van der Waals surface area (Å²) in [4.78, 5) is 16.3. The number of nitrogens with two attached hydrogens (primary N) is 1. The maximum absolute atomic E-state index is 12.1. The Labute approximate surface area is 127 Å². The Morgan fingerprint density at radius 3 is 2.70 bits per heavy atom. The van der Waals surface area contributed by atoms with E-state index in [1.807, 2.05) is 12.1 Å². The number of aliphatic imine (C=N–C) groups is 1. The van der Waals surface area contributed by atoms with Crippen LogP contribution < -0.4 is 5.73 Å². The van der Waals surface area contributed by atoms with Gasteiger partial charge < -0.3 is 10.5 Å². The Morgan fingerprint density at radius 2 is 2.10 bits per heavy atom. The van der Waals surface area contributed by atoms with Crippen molar-refractivity contribution in [3.05, 3.63) is 46.1 Å². The molecule has 1 atom stereocenters. The van der Waals surface area contributed by atoms with Crippen molar-refractivity contribution >= 4 is 34.5 Å². The lowest BCUT2D eigenvalue weighted by molar-refractivity contribution is -0.138. The molecule has 1 aromatic rings. The third-order valence-electron chi connectivity index (χ3n) is 2.84. The molecule has 0 fully saturated rings. The van der Waals surface area contributed by atoms with Crippen LogP contribution in [0.15, 0.2) is 40.5 Å². The van der Waals surface area contributed by atoms with Crippen LogP contribution in [-0.4, -0.2) is 17.7 Å². The minimum atomic E-state index is -0.353. The summed E-state index contributed by atoms with van der Waals surface area (Å²) in [5.41, 5.74) is 7.90. The zero-order valence-corrected chi connectivity index (χ0v) is 12.8. The summed E-state index contributed by atoms with van der Waals surface area (Å²) in [6.45, 7) is 3.87. The summed E-state index contributed by atoms with van der Waals surface area (Å²) in [6, 6.07) is 7.34. The predicted octanol–water partition coefficient (Wildman–Crippen LogP) is 3.28. The molecule has 0 bridgehead atoms. The molecule has 1 aromatic carbocycles. The summed E-state index contributed by atoms with van der Waals surface area (Å²) in [5.74, 6) is -0.353. The molecule has 4 nitrogen and oxygen atoms in total. The second-order valence-electron chi connectivity index (χ2n) is 4.22. The minimum absolute atomic E-state index is 0.219. The van der Waals surface area contributed by atoms with E-state index in [1.54, 1.807) is 26.0 Å². The van der Waals surface area contributed by atoms with Crippen LogP contribution in [0.4, 0.5) is 0 Å². The van der Waals surface area contributed by atoms with Crippen molar-refractivity contribution in [1.82, 2.24) is 0 Å². The molecule has 6 heteroatoms. The largest absolute Gasteiger partial charge is 0.463 e. The lowest BCUT2D eigenvalue weighted by Gasteiger charge is -2.23. The van der Waals surface area contributed by atoms with Gasteiger partial charge in [0.25, 0.3) is 0 Å². The van der Waals surface area contributed by atoms with E-state index >= 15 is 0 Å². The highest BCUT2D eigenvalue weighted by molar-refractivity contribution is 8.14. The lowest BCUT2D eigenvalue weighted by Crippen LogP contribution is -2.22. The third-order valence-corrected chi connectivity index (χ3v) is 4.16. The summed E-state index contributed by atoms with van der Waals surface area (Å²) < 4.78 is 5.12. The number of hydrogen-bond donors (Lipinski definition) is 1. The van der Waals surface area contributed by atoms with Crippen molar-refractivity contribution in [1.29, 1.82) is 0 Å². The first-order valence-corrected chi connectivity index (χ1v) is 7.43. The molecule has 0 unspecified atom stereocenters. The van der Waals surface area contributed by atoms with Gasteiger partial charge in [-0.25, -0.2) is 9.79 Å². The van der Waals surface area contributed by atoms with Gasteiger partial charge in [-0.1, -0.05) is 35.5 Å². The molecule has 106 valence electrons. The number of benzene rings is 1. The number of rotatable bonds is 3. The van der Waals surface area contributed by atoms with Crippen molar-refractivity contribution in [2.45, 2.75) is 19.1 Å². The number of amidine groups is 1. The molecule has 2 rings (SSSR count). The molecule has 0 amide bonds. The first-order valence-electron chi connectivity index (χ1n) is 6.17. The number of ether oxygens (including phenoxy) is 1. The van der Waals surface area contributed by atoms with Gasteiger partial charge in [-0.05, 0) is 31.5 Å². The average molecular weight is 311 g/mol. The van der Waals surface area contributed by atoms with Crippen molar-refractivity contribution in [2.75, 3.05) is 6.61 Å². The fourth-order valence-corrected chi connectivity index (χ4v) is 3.19. The van der Waals surface area contributed by atoms with Gasteiger partial charge in [0.15, 0.2) is 5.17 Å². The van der Waals surface area contributed by atoms with Crippen LogP contribution >= 0.6 is 23.4 Å². The number of nitrogens with zero attached hydrogens (tertiary/aromatic N) is 1. The Bertz CT molecular complexity index is 581. The van der Waals surface area contributed by atoms with Gasteiger partial charge in [-0.15, -0.1) is 0 Å². The molecule has 0 saturated heterocycles. The molecule has 0 aliphatic carbocycles. The van der Waals surface area contributed by atoms with E-state index in [1.165, 1.54) is 11.8 Å². The number of halogens is 1. The zero-order valence-electron chi connectivity index (χ0n) is 11.2. The van der Waals surface area contributed by atoms with Crippen molar-refractivity contribution in [2.24, 2.45) is 10.7 Å². The Kier molecular flexibility index (Phi) is 4.73. The van der Waals surface area contributed by atoms with Crippen molar-refractivity contribution < 1.29 is 9.53 Å². The number of thioether (sulfide) groups is 1. The first kappa shape index (κ1) is 14.9. The highest BCUT2D eigenvalue weighted by Gasteiger charge is 2.30. The van der Waals surface area contributed by atoms with Gasteiger partial charge in [0, 0.05) is 5.02 Å². The second-order valence-corrected chi connectivity index (χ2v) is 5.78. The van der Waals surface area contributed by atoms with E-state index in [0.29, 0.717) is 28.1 Å². The zero-order chi connectivity index (χ0) is 14.7. The topological polar surface area (TPSA) is 64.7 Å². The van der Waals surface area contributed by atoms with Gasteiger partial charge in [0.05, 0.1) is 23.1 Å². The van der Waals surface area contributed by atoms with Gasteiger partial charge in [0.1, 0.15) is 0 Å². The van der Waals surface area contributed by atoms with Crippen molar-refractivity contribution in [3.63, 3.8) is 0 Å². The minimum Gasteiger partial charge on any atom is -0.463 e. The molecular weight excluding hydrogens is 296 g/mol. The fourth-order valence-electron chi connectivity index (χ4n) is 1.96. The monoisotopic (exact) mass is 310 g/mol. The number of carbonyl (C=O) groups is 1. The predicted molar refractivity (Wildman–Crippen MR) is 82.7 cm³/mol. The SMILES string of the molecule is CCOC(=O)C1=C(C)N=C(N)S[C@@H]1c1ccc(Cl)cc1. The van der Waals surface area contributed by atoms with Crippen LogP contribution in [0, 0.1) is 0 Å². The van der Waals surface area contributed by atoms with Gasteiger partial charge in [0.2, 0.25) is 0 Å². The first-order chi connectivity index (χ1) is 9.52. The smallest absolute Gasteiger partial charge is 0.337 e. The second kappa shape index (κ2) is 6.33. The van der Waals surface area contributed by atoms with Crippen LogP contribution in [0.1, 0.15) is 24.7 Å². The Balaban J connectivity index is 2.42. The quantitative estimate of drug-likeness (QED) is 0.870. The van der Waals surface area contributed by atoms with Gasteiger partial charge >= 0.3 is 5.97 Å². The van der Waals surface area contributed by atoms with E-state index < -0.39 is 0 Å². The van der Waals surface area contributed by atoms with E-state index in [0.717, 1.165) is 5.56 Å². The molecular formula is C14H15ClN2O2S. The normalized spacial score (nSPS) is 18.8. The molecule has 1 heterocycles. The molecule has 1 aliphatic heterocycles. The maximum atomic E-state index is 12.1. The van der Waals surface area contributed by atoms with E-state index in [2.05, 4.69) is 4.99 Å². The maximum Gasteiger partial charge on any atom is 0.337 e. The summed E-state index contributed by atoms with van der Waals surface area (Å²) in [5, 5.41) is 0.869. The van der Waals surface area contributed by atoms with Crippen LogP contribution in [0.3, 0.4) is 0 Å². The Hall–Kier alpha value is -1.46. The van der Waals surface area contributed by atoms with E-state index in [4.69, 9.17) is 22.1 Å². The molecule has 20 heavy (non-hydrogen) atoms. The van der Waals surface area contributed by atoms with Crippen LogP contribution in [-0.2, 0) is 9.53 Å². The number of allylic oxidation sites excluding steroid dienone is 1.